The van der Waals surface area contributed by atoms with Gasteiger partial charge in [0, 0.05) is 48.0 Å². The van der Waals surface area contributed by atoms with Crippen LogP contribution in [0.2, 0.25) is 0 Å². The van der Waals surface area contributed by atoms with Gasteiger partial charge in [-0.3, -0.25) is 9.48 Å². The van der Waals surface area contributed by atoms with Crippen LogP contribution in [0.4, 0.5) is 5.69 Å². The van der Waals surface area contributed by atoms with Crippen LogP contribution in [0.5, 0.6) is 0 Å². The average Bonchev–Trinajstić information content (AvgIpc) is 2.88. The summed E-state index contributed by atoms with van der Waals surface area (Å²) < 4.78 is 2.81. The Kier molecular flexibility index (Phi) is 10.7. The molecule has 0 saturated heterocycles. The van der Waals surface area contributed by atoms with Gasteiger partial charge in [-0.2, -0.15) is 5.10 Å². The van der Waals surface area contributed by atoms with Gasteiger partial charge < -0.3 is 16.0 Å². The van der Waals surface area contributed by atoms with E-state index in [1.807, 2.05) is 57.6 Å². The summed E-state index contributed by atoms with van der Waals surface area (Å²) in [5.41, 5.74) is 5.08. The SMILES string of the molecule is CCNC(=NCc1c(C)nn(C)c1C)NCCC(=O)Nc1cc(Br)ccc1C.I. The highest BCUT2D eigenvalue weighted by Gasteiger charge is 2.10. The molecule has 2 rings (SSSR count). The summed E-state index contributed by atoms with van der Waals surface area (Å²) in [4.78, 5) is 16.9. The average molecular weight is 577 g/mol. The number of anilines is 1. The molecule has 1 amide bonds. The zero-order valence-corrected chi connectivity index (χ0v) is 21.5. The first-order valence-electron chi connectivity index (χ1n) is 9.39. The van der Waals surface area contributed by atoms with Gasteiger partial charge in [0.1, 0.15) is 0 Å². The third kappa shape index (κ3) is 7.61. The molecule has 0 bridgehead atoms. The van der Waals surface area contributed by atoms with Crippen molar-refractivity contribution in [3.8, 4) is 0 Å². The van der Waals surface area contributed by atoms with Crippen molar-refractivity contribution in [3.05, 3.63) is 45.2 Å². The van der Waals surface area contributed by atoms with E-state index in [0.717, 1.165) is 39.2 Å². The van der Waals surface area contributed by atoms with Gasteiger partial charge in [-0.25, -0.2) is 4.99 Å². The predicted octanol–water partition coefficient (Wildman–Crippen LogP) is 3.81. The minimum Gasteiger partial charge on any atom is -0.357 e. The lowest BCUT2D eigenvalue weighted by Crippen LogP contribution is -2.38. The van der Waals surface area contributed by atoms with Crippen molar-refractivity contribution >= 4 is 57.5 Å². The van der Waals surface area contributed by atoms with E-state index >= 15 is 0 Å². The van der Waals surface area contributed by atoms with E-state index in [1.165, 1.54) is 0 Å². The van der Waals surface area contributed by atoms with E-state index in [4.69, 9.17) is 0 Å². The molecule has 160 valence electrons. The lowest BCUT2D eigenvalue weighted by atomic mass is 10.2. The predicted molar refractivity (Wildman–Crippen MR) is 133 cm³/mol. The maximum atomic E-state index is 12.2. The number of carbonyl (C=O) groups excluding carboxylic acids is 1. The van der Waals surface area contributed by atoms with Gasteiger partial charge >= 0.3 is 0 Å². The van der Waals surface area contributed by atoms with Crippen molar-refractivity contribution in [1.29, 1.82) is 0 Å². The molecule has 0 aliphatic rings. The van der Waals surface area contributed by atoms with Crippen LogP contribution in [-0.2, 0) is 18.4 Å². The molecule has 0 fully saturated rings. The molecule has 0 unspecified atom stereocenters. The Labute approximate surface area is 198 Å². The first-order chi connectivity index (χ1) is 13.3. The molecule has 1 aromatic heterocycles. The number of rotatable bonds is 7. The third-order valence-corrected chi connectivity index (χ3v) is 5.01. The number of nitrogens with one attached hydrogen (secondary N) is 3. The topological polar surface area (TPSA) is 83.3 Å². The molecule has 1 heterocycles. The van der Waals surface area contributed by atoms with Crippen LogP contribution < -0.4 is 16.0 Å². The molecule has 3 N–H and O–H groups in total. The summed E-state index contributed by atoms with van der Waals surface area (Å²) in [6.07, 6.45) is 0.349. The second-order valence-electron chi connectivity index (χ2n) is 6.65. The minimum absolute atomic E-state index is 0. The number of aliphatic imine (C=N–C) groups is 1. The summed E-state index contributed by atoms with van der Waals surface area (Å²) in [7, 11) is 1.94. The zero-order chi connectivity index (χ0) is 20.7. The second-order valence-corrected chi connectivity index (χ2v) is 7.57. The number of guanidine groups is 1. The summed E-state index contributed by atoms with van der Waals surface area (Å²) in [6, 6.07) is 5.83. The van der Waals surface area contributed by atoms with Crippen LogP contribution in [0.15, 0.2) is 27.7 Å². The van der Waals surface area contributed by atoms with Gasteiger partial charge in [0.25, 0.3) is 0 Å². The summed E-state index contributed by atoms with van der Waals surface area (Å²) in [5.74, 6) is 0.653. The smallest absolute Gasteiger partial charge is 0.226 e. The van der Waals surface area contributed by atoms with E-state index < -0.39 is 0 Å². The van der Waals surface area contributed by atoms with Crippen molar-refractivity contribution in [3.63, 3.8) is 0 Å². The molecule has 0 aliphatic heterocycles. The van der Waals surface area contributed by atoms with Gasteiger partial charge in [0.15, 0.2) is 5.96 Å². The molecule has 29 heavy (non-hydrogen) atoms. The lowest BCUT2D eigenvalue weighted by Gasteiger charge is -2.12. The minimum atomic E-state index is -0.0384. The third-order valence-electron chi connectivity index (χ3n) is 4.52. The zero-order valence-electron chi connectivity index (χ0n) is 17.6. The van der Waals surface area contributed by atoms with Crippen molar-refractivity contribution in [2.75, 3.05) is 18.4 Å². The number of halogens is 2. The van der Waals surface area contributed by atoms with Crippen LogP contribution in [0.3, 0.4) is 0 Å². The number of hydrogen-bond donors (Lipinski definition) is 3. The molecular formula is C20H30BrIN6O. The van der Waals surface area contributed by atoms with Crippen LogP contribution in [-0.4, -0.2) is 34.7 Å². The van der Waals surface area contributed by atoms with Crippen LogP contribution in [0.25, 0.3) is 0 Å². The van der Waals surface area contributed by atoms with E-state index in [0.29, 0.717) is 25.5 Å². The fourth-order valence-corrected chi connectivity index (χ4v) is 3.14. The molecule has 9 heteroatoms. The molecule has 0 radical (unpaired) electrons. The van der Waals surface area contributed by atoms with Gasteiger partial charge in [-0.1, -0.05) is 22.0 Å². The molecule has 1 aromatic carbocycles. The fraction of sp³-hybridized carbons (Fsp3) is 0.450. The monoisotopic (exact) mass is 576 g/mol. The Balaban J connectivity index is 0.00000420. The number of carbonyl (C=O) groups is 1. The largest absolute Gasteiger partial charge is 0.357 e. The Bertz CT molecular complexity index is 865. The Morgan fingerprint density at radius 3 is 2.59 bits per heavy atom. The quantitative estimate of drug-likeness (QED) is 0.266. The standard InChI is InChI=1S/C20H29BrN6O.HI/c1-6-22-20(24-12-17-14(3)26-27(5)15(17)4)23-10-9-19(28)25-18-11-16(21)8-7-13(18)2;/h7-8,11H,6,9-10,12H2,1-5H3,(H,25,28)(H2,22,23,24);1H. The van der Waals surface area contributed by atoms with E-state index in [-0.39, 0.29) is 29.9 Å². The van der Waals surface area contributed by atoms with E-state index in [2.05, 4.69) is 42.0 Å². The molecule has 2 aromatic rings. The number of aromatic nitrogens is 2. The van der Waals surface area contributed by atoms with Crippen molar-refractivity contribution in [1.82, 2.24) is 20.4 Å². The molecule has 0 atom stereocenters. The lowest BCUT2D eigenvalue weighted by molar-refractivity contribution is -0.116. The van der Waals surface area contributed by atoms with Gasteiger partial charge in [0.2, 0.25) is 5.91 Å². The number of amides is 1. The van der Waals surface area contributed by atoms with E-state index in [9.17, 15) is 4.79 Å². The summed E-state index contributed by atoms with van der Waals surface area (Å²) in [6.45, 7) is 9.81. The van der Waals surface area contributed by atoms with Crippen molar-refractivity contribution in [2.24, 2.45) is 12.0 Å². The summed E-state index contributed by atoms with van der Waals surface area (Å²) in [5, 5.41) is 13.8. The number of aryl methyl sites for hydroxylation is 3. The number of hydrogen-bond acceptors (Lipinski definition) is 3. The van der Waals surface area contributed by atoms with Crippen LogP contribution in [0.1, 0.15) is 35.9 Å². The molecule has 0 spiro atoms. The van der Waals surface area contributed by atoms with Crippen LogP contribution >= 0.6 is 39.9 Å². The van der Waals surface area contributed by atoms with Gasteiger partial charge in [-0.15, -0.1) is 24.0 Å². The molecular weight excluding hydrogens is 547 g/mol. The van der Waals surface area contributed by atoms with Crippen molar-refractivity contribution < 1.29 is 4.79 Å². The maximum absolute atomic E-state index is 12.2. The molecule has 0 saturated carbocycles. The summed E-state index contributed by atoms with van der Waals surface area (Å²) >= 11 is 3.43. The fourth-order valence-electron chi connectivity index (χ4n) is 2.78. The maximum Gasteiger partial charge on any atom is 0.226 e. The van der Waals surface area contributed by atoms with Gasteiger partial charge in [-0.05, 0) is 45.4 Å². The first kappa shape index (κ1) is 25.4. The van der Waals surface area contributed by atoms with Crippen LogP contribution in [0, 0.1) is 20.8 Å². The molecule has 0 aliphatic carbocycles. The van der Waals surface area contributed by atoms with E-state index in [1.54, 1.807) is 0 Å². The number of nitrogens with zero attached hydrogens (tertiary/aromatic N) is 3. The molecule has 7 nitrogen and oxygen atoms in total. The highest BCUT2D eigenvalue weighted by Crippen LogP contribution is 2.20. The Morgan fingerprint density at radius 1 is 1.24 bits per heavy atom. The first-order valence-corrected chi connectivity index (χ1v) is 10.2. The Hall–Kier alpha value is -1.62. The highest BCUT2D eigenvalue weighted by atomic mass is 127. The Morgan fingerprint density at radius 2 is 1.97 bits per heavy atom. The number of benzene rings is 1. The van der Waals surface area contributed by atoms with Gasteiger partial charge in [0.05, 0.1) is 12.2 Å². The normalized spacial score (nSPS) is 11.0. The van der Waals surface area contributed by atoms with Crippen molar-refractivity contribution in [2.45, 2.75) is 40.7 Å². The second kappa shape index (κ2) is 12.2. The highest BCUT2D eigenvalue weighted by molar-refractivity contribution is 14.0.